The van der Waals surface area contributed by atoms with Crippen LogP contribution in [0.1, 0.15) is 57.7 Å². The standard InChI is InChI=1S/C25H27NO4/c1-14-4-3-5-18(10-14)24(27)29-21-13-19-16-6-7-17(12-16)22(19)23(21)30-25(28)20-11-15(2)8-9-26-20/h3-5,8-11,16-17,19,21-23H,6-7,12-13H2,1-2H3. The zero-order chi connectivity index (χ0) is 20.8. The summed E-state index contributed by atoms with van der Waals surface area (Å²) in [6.45, 7) is 3.88. The number of fused-ring (bicyclic) bond motifs is 5. The number of hydrogen-bond donors (Lipinski definition) is 0. The molecule has 1 heterocycles. The third-order valence-electron chi connectivity index (χ3n) is 7.29. The molecule has 1 aromatic carbocycles. The fourth-order valence-corrected chi connectivity index (χ4v) is 6.05. The highest BCUT2D eigenvalue weighted by Gasteiger charge is 2.59. The zero-order valence-electron chi connectivity index (χ0n) is 17.4. The molecule has 2 bridgehead atoms. The van der Waals surface area contributed by atoms with Crippen molar-refractivity contribution in [2.24, 2.45) is 23.7 Å². The molecule has 1 aromatic heterocycles. The summed E-state index contributed by atoms with van der Waals surface area (Å²) in [5, 5.41) is 0. The molecule has 3 aliphatic rings. The molecule has 2 aromatic rings. The number of benzene rings is 1. The molecule has 0 spiro atoms. The molecule has 156 valence electrons. The van der Waals surface area contributed by atoms with Crippen LogP contribution in [0.3, 0.4) is 0 Å². The Morgan fingerprint density at radius 2 is 1.73 bits per heavy atom. The van der Waals surface area contributed by atoms with Crippen molar-refractivity contribution in [3.63, 3.8) is 0 Å². The second-order valence-corrected chi connectivity index (χ2v) is 9.21. The number of pyridine rings is 1. The van der Waals surface area contributed by atoms with Crippen molar-refractivity contribution in [3.05, 3.63) is 65.0 Å². The summed E-state index contributed by atoms with van der Waals surface area (Å²) in [4.78, 5) is 29.9. The van der Waals surface area contributed by atoms with Gasteiger partial charge in [-0.2, -0.15) is 0 Å². The Kier molecular flexibility index (Phi) is 4.84. The molecule has 0 amide bonds. The Balaban J connectivity index is 1.38. The van der Waals surface area contributed by atoms with Crippen LogP contribution in [-0.4, -0.2) is 29.1 Å². The lowest BCUT2D eigenvalue weighted by Crippen LogP contribution is -2.37. The van der Waals surface area contributed by atoms with Crippen molar-refractivity contribution in [2.75, 3.05) is 0 Å². The summed E-state index contributed by atoms with van der Waals surface area (Å²) in [5.41, 5.74) is 2.83. The third-order valence-corrected chi connectivity index (χ3v) is 7.29. The molecule has 6 unspecified atom stereocenters. The van der Waals surface area contributed by atoms with Crippen LogP contribution in [0.2, 0.25) is 0 Å². The monoisotopic (exact) mass is 405 g/mol. The maximum Gasteiger partial charge on any atom is 0.357 e. The normalized spacial score (nSPS) is 31.4. The van der Waals surface area contributed by atoms with E-state index in [1.54, 1.807) is 18.3 Å². The van der Waals surface area contributed by atoms with E-state index in [-0.39, 0.29) is 11.9 Å². The van der Waals surface area contributed by atoms with Crippen LogP contribution in [0.5, 0.6) is 0 Å². The Morgan fingerprint density at radius 3 is 2.53 bits per heavy atom. The first-order valence-corrected chi connectivity index (χ1v) is 10.9. The average Bonchev–Trinajstić information content (AvgIpc) is 3.42. The van der Waals surface area contributed by atoms with Gasteiger partial charge in [0.05, 0.1) is 5.56 Å². The lowest BCUT2D eigenvalue weighted by molar-refractivity contribution is -0.0420. The lowest BCUT2D eigenvalue weighted by Gasteiger charge is -2.29. The Hall–Kier alpha value is -2.69. The van der Waals surface area contributed by atoms with Crippen LogP contribution in [-0.2, 0) is 9.47 Å². The van der Waals surface area contributed by atoms with Crippen molar-refractivity contribution in [1.29, 1.82) is 0 Å². The molecule has 0 saturated heterocycles. The minimum atomic E-state index is -0.427. The van der Waals surface area contributed by atoms with E-state index in [0.717, 1.165) is 17.5 Å². The molecule has 6 atom stereocenters. The van der Waals surface area contributed by atoms with Gasteiger partial charge in [0.25, 0.3) is 0 Å². The molecular formula is C25H27NO4. The number of nitrogens with zero attached hydrogens (tertiary/aromatic N) is 1. The lowest BCUT2D eigenvalue weighted by atomic mass is 9.81. The van der Waals surface area contributed by atoms with Gasteiger partial charge in [-0.15, -0.1) is 0 Å². The molecule has 3 fully saturated rings. The number of aromatic nitrogens is 1. The predicted molar refractivity (Wildman–Crippen MR) is 111 cm³/mol. The number of carbonyl (C=O) groups is 2. The Bertz CT molecular complexity index is 987. The second kappa shape index (κ2) is 7.53. The fraction of sp³-hybridized carbons (Fsp3) is 0.480. The first-order chi connectivity index (χ1) is 14.5. The summed E-state index contributed by atoms with van der Waals surface area (Å²) in [6.07, 6.45) is 5.24. The van der Waals surface area contributed by atoms with Crippen LogP contribution < -0.4 is 0 Å². The van der Waals surface area contributed by atoms with Crippen molar-refractivity contribution in [3.8, 4) is 0 Å². The van der Waals surface area contributed by atoms with Gasteiger partial charge in [0.15, 0.2) is 0 Å². The van der Waals surface area contributed by atoms with Crippen LogP contribution in [0.4, 0.5) is 0 Å². The minimum absolute atomic E-state index is 0.285. The van der Waals surface area contributed by atoms with Gasteiger partial charge in [-0.1, -0.05) is 17.7 Å². The van der Waals surface area contributed by atoms with Crippen LogP contribution in [0, 0.1) is 37.5 Å². The van der Waals surface area contributed by atoms with Gasteiger partial charge in [0.1, 0.15) is 17.9 Å². The van der Waals surface area contributed by atoms with Gasteiger partial charge >= 0.3 is 11.9 Å². The number of esters is 2. The topological polar surface area (TPSA) is 65.5 Å². The summed E-state index contributed by atoms with van der Waals surface area (Å²) >= 11 is 0. The molecule has 5 heteroatoms. The molecule has 3 aliphatic carbocycles. The van der Waals surface area contributed by atoms with E-state index in [1.807, 2.05) is 38.1 Å². The molecule has 0 N–H and O–H groups in total. The van der Waals surface area contributed by atoms with Crippen molar-refractivity contribution >= 4 is 11.9 Å². The molecule has 3 saturated carbocycles. The highest BCUT2D eigenvalue weighted by atomic mass is 16.6. The van der Waals surface area contributed by atoms with E-state index in [9.17, 15) is 9.59 Å². The first kappa shape index (κ1) is 19.3. The van der Waals surface area contributed by atoms with E-state index in [4.69, 9.17) is 9.47 Å². The van der Waals surface area contributed by atoms with Crippen LogP contribution in [0.15, 0.2) is 42.6 Å². The number of aryl methyl sites for hydroxylation is 2. The third kappa shape index (κ3) is 3.40. The van der Waals surface area contributed by atoms with Gasteiger partial charge in [0.2, 0.25) is 0 Å². The Labute approximate surface area is 176 Å². The van der Waals surface area contributed by atoms with E-state index in [2.05, 4.69) is 4.98 Å². The second-order valence-electron chi connectivity index (χ2n) is 9.21. The fourth-order valence-electron chi connectivity index (χ4n) is 6.05. The van der Waals surface area contributed by atoms with Crippen molar-refractivity contribution < 1.29 is 19.1 Å². The maximum atomic E-state index is 12.9. The maximum absolute atomic E-state index is 12.9. The highest BCUT2D eigenvalue weighted by Crippen LogP contribution is 2.60. The van der Waals surface area contributed by atoms with Gasteiger partial charge in [0, 0.05) is 12.1 Å². The number of hydrogen-bond acceptors (Lipinski definition) is 5. The summed E-state index contributed by atoms with van der Waals surface area (Å²) in [7, 11) is 0. The van der Waals surface area contributed by atoms with E-state index < -0.39 is 18.2 Å². The van der Waals surface area contributed by atoms with Gasteiger partial charge in [-0.3, -0.25) is 0 Å². The minimum Gasteiger partial charge on any atom is -0.455 e. The molecule has 0 aliphatic heterocycles. The van der Waals surface area contributed by atoms with Crippen molar-refractivity contribution in [1.82, 2.24) is 4.98 Å². The molecule has 30 heavy (non-hydrogen) atoms. The number of rotatable bonds is 4. The molecule has 5 nitrogen and oxygen atoms in total. The number of ether oxygens (including phenoxy) is 2. The van der Waals surface area contributed by atoms with E-state index >= 15 is 0 Å². The van der Waals surface area contributed by atoms with Gasteiger partial charge in [-0.05, 0) is 87.1 Å². The largest absolute Gasteiger partial charge is 0.455 e. The zero-order valence-corrected chi connectivity index (χ0v) is 17.4. The summed E-state index contributed by atoms with van der Waals surface area (Å²) in [5.74, 6) is 1.22. The molecule has 0 radical (unpaired) electrons. The van der Waals surface area contributed by atoms with Crippen LogP contribution >= 0.6 is 0 Å². The quantitative estimate of drug-likeness (QED) is 0.700. The first-order valence-electron chi connectivity index (χ1n) is 10.9. The smallest absolute Gasteiger partial charge is 0.357 e. The van der Waals surface area contributed by atoms with E-state index in [1.165, 1.54) is 19.3 Å². The van der Waals surface area contributed by atoms with Gasteiger partial charge < -0.3 is 9.47 Å². The Morgan fingerprint density at radius 1 is 0.933 bits per heavy atom. The molecular weight excluding hydrogens is 378 g/mol. The van der Waals surface area contributed by atoms with Gasteiger partial charge in [-0.25, -0.2) is 14.6 Å². The highest BCUT2D eigenvalue weighted by molar-refractivity contribution is 5.90. The van der Waals surface area contributed by atoms with E-state index in [0.29, 0.717) is 29.0 Å². The summed E-state index contributed by atoms with van der Waals surface area (Å²) in [6, 6.07) is 11.0. The molecule has 5 rings (SSSR count). The summed E-state index contributed by atoms with van der Waals surface area (Å²) < 4.78 is 12.0. The number of carbonyl (C=O) groups excluding carboxylic acids is 2. The van der Waals surface area contributed by atoms with Crippen LogP contribution in [0.25, 0.3) is 0 Å². The van der Waals surface area contributed by atoms with Crippen molar-refractivity contribution in [2.45, 2.75) is 51.7 Å². The predicted octanol–water partition coefficient (Wildman–Crippen LogP) is 4.52. The average molecular weight is 405 g/mol. The SMILES string of the molecule is Cc1cccc(C(=O)OC2CC3C4CCC(C4)C3C2OC(=O)c2cc(C)ccn2)c1.